The first-order valence-electron chi connectivity index (χ1n) is 15.3. The maximum atomic E-state index is 13.2. The second-order valence-corrected chi connectivity index (χ2v) is 12.0. The van der Waals surface area contributed by atoms with Crippen LogP contribution in [0.3, 0.4) is 0 Å². The first kappa shape index (κ1) is 34.3. The summed E-state index contributed by atoms with van der Waals surface area (Å²) in [6.45, 7) is 0.0615. The normalized spacial score (nSPS) is 11.4. The highest BCUT2D eigenvalue weighted by Gasteiger charge is 2.26. The number of likely N-dealkylation sites (N-methyl/N-ethyl adjacent to an activating group) is 2. The number of H-pyrrole nitrogens is 2. The topological polar surface area (TPSA) is 195 Å². The van der Waals surface area contributed by atoms with Crippen molar-refractivity contribution in [1.82, 2.24) is 40.4 Å². The van der Waals surface area contributed by atoms with E-state index in [-0.39, 0.29) is 27.9 Å². The van der Waals surface area contributed by atoms with Crippen molar-refractivity contribution >= 4 is 65.0 Å². The molecule has 2 amide bonds. The molecule has 2 aromatic heterocycles. The van der Waals surface area contributed by atoms with E-state index in [0.29, 0.717) is 45.3 Å². The predicted octanol–water partition coefficient (Wildman–Crippen LogP) is 4.49. The maximum Gasteiger partial charge on any atom is 0.328 e. The molecule has 2 heterocycles. The average Bonchev–Trinajstić information content (AvgIpc) is 3.78. The zero-order valence-electron chi connectivity index (χ0n) is 27.1. The van der Waals surface area contributed by atoms with Crippen LogP contribution >= 0.6 is 24.4 Å². The number of aromatic nitrogens is 8. The largest absolute Gasteiger partial charge is 0.480 e. The number of hydrogen-bond donors (Lipinski definition) is 5. The van der Waals surface area contributed by atoms with Crippen molar-refractivity contribution in [1.29, 1.82) is 0 Å². The van der Waals surface area contributed by atoms with Crippen LogP contribution in [0, 0.1) is 9.54 Å². The number of aliphatic carboxylic acids is 1. The molecular weight excluding hydrogens is 693 g/mol. The van der Waals surface area contributed by atoms with Gasteiger partial charge in [0.25, 0.3) is 11.8 Å². The smallest absolute Gasteiger partial charge is 0.328 e. The van der Waals surface area contributed by atoms with Crippen LogP contribution in [0.5, 0.6) is 0 Å². The van der Waals surface area contributed by atoms with Gasteiger partial charge in [0.05, 0.1) is 11.4 Å². The van der Waals surface area contributed by atoms with Gasteiger partial charge in [-0.25, -0.2) is 14.2 Å². The van der Waals surface area contributed by atoms with Gasteiger partial charge >= 0.3 is 5.97 Å². The van der Waals surface area contributed by atoms with E-state index in [9.17, 15) is 19.5 Å². The van der Waals surface area contributed by atoms with Crippen LogP contribution in [0.25, 0.3) is 11.4 Å². The lowest BCUT2D eigenvalue weighted by Crippen LogP contribution is -2.46. The molecule has 18 heteroatoms. The van der Waals surface area contributed by atoms with Crippen LogP contribution in [-0.4, -0.2) is 90.0 Å². The van der Waals surface area contributed by atoms with E-state index in [0.717, 1.165) is 0 Å². The highest BCUT2D eigenvalue weighted by molar-refractivity contribution is 7.71. The molecule has 0 radical (unpaired) electrons. The number of nitrogens with one attached hydrogen (secondary N) is 4. The van der Waals surface area contributed by atoms with E-state index >= 15 is 0 Å². The van der Waals surface area contributed by atoms with Crippen molar-refractivity contribution in [3.63, 3.8) is 0 Å². The molecule has 5 N–H and O–H groups in total. The number of hydrogen-bond acceptors (Lipinski definition) is 11. The minimum Gasteiger partial charge on any atom is -0.480 e. The number of tetrazole rings is 2. The van der Waals surface area contributed by atoms with Crippen molar-refractivity contribution in [2.75, 3.05) is 41.1 Å². The van der Waals surface area contributed by atoms with E-state index in [1.165, 1.54) is 9.36 Å². The van der Waals surface area contributed by atoms with E-state index in [1.54, 1.807) is 121 Å². The zero-order valence-corrected chi connectivity index (χ0v) is 28.7. The van der Waals surface area contributed by atoms with Gasteiger partial charge in [-0.3, -0.25) is 9.59 Å². The van der Waals surface area contributed by atoms with Crippen molar-refractivity contribution in [3.05, 3.63) is 118 Å². The molecular formula is C33H30N12O4S2. The summed E-state index contributed by atoms with van der Waals surface area (Å²) in [6.07, 6.45) is 0. The number of carbonyl (C=O) groups is 3. The fourth-order valence-corrected chi connectivity index (χ4v) is 5.62. The summed E-state index contributed by atoms with van der Waals surface area (Å²) in [6, 6.07) is 26.6. The Hall–Kier alpha value is -6.53. The third-order valence-electron chi connectivity index (χ3n) is 7.93. The Kier molecular flexibility index (Phi) is 10.1. The lowest BCUT2D eigenvalue weighted by molar-refractivity contribution is -0.138. The van der Waals surface area contributed by atoms with Crippen LogP contribution < -0.4 is 20.4 Å². The number of rotatable bonds is 12. The fraction of sp³-hybridized carbons (Fsp3) is 0.121. The monoisotopic (exact) mass is 722 g/mol. The van der Waals surface area contributed by atoms with Crippen molar-refractivity contribution < 1.29 is 19.5 Å². The molecule has 0 aliphatic carbocycles. The summed E-state index contributed by atoms with van der Waals surface area (Å²) in [5.74, 6) is -1.81. The molecule has 0 aliphatic heterocycles. The molecule has 4 aromatic carbocycles. The van der Waals surface area contributed by atoms with Gasteiger partial charge in [-0.2, -0.15) is 10.4 Å². The van der Waals surface area contributed by atoms with Gasteiger partial charge < -0.3 is 25.5 Å². The number of benzene rings is 4. The molecule has 258 valence electrons. The molecule has 1 atom stereocenters. The minimum atomic E-state index is -1.07. The Labute approximate surface area is 300 Å². The number of carbonyl (C=O) groups excluding carboxylic acids is 2. The molecule has 16 nitrogen and oxygen atoms in total. The van der Waals surface area contributed by atoms with Gasteiger partial charge in [0.2, 0.25) is 9.54 Å². The highest BCUT2D eigenvalue weighted by atomic mass is 32.1. The molecule has 0 aliphatic rings. The lowest BCUT2D eigenvalue weighted by atomic mass is 10.1. The zero-order chi connectivity index (χ0) is 36.1. The van der Waals surface area contributed by atoms with Gasteiger partial charge in [0.15, 0.2) is 0 Å². The number of nitrogens with zero attached hydrogens (tertiary/aromatic N) is 8. The van der Waals surface area contributed by atoms with Crippen LogP contribution in [0.15, 0.2) is 97.1 Å². The predicted molar refractivity (Wildman–Crippen MR) is 195 cm³/mol. The van der Waals surface area contributed by atoms with Crippen molar-refractivity contribution in [3.8, 4) is 11.4 Å². The Balaban J connectivity index is 1.13. The molecule has 1 unspecified atom stereocenters. The highest BCUT2D eigenvalue weighted by Crippen LogP contribution is 2.23. The van der Waals surface area contributed by atoms with Crippen LogP contribution in [-0.2, 0) is 4.79 Å². The van der Waals surface area contributed by atoms with Gasteiger partial charge in [-0.15, -0.1) is 0 Å². The number of aromatic amines is 2. The van der Waals surface area contributed by atoms with Gasteiger partial charge in [-0.05, 0) is 97.2 Å². The number of anilines is 4. The van der Waals surface area contributed by atoms with E-state index in [1.807, 2.05) is 0 Å². The minimum absolute atomic E-state index is 0.0615. The third-order valence-corrected chi connectivity index (χ3v) is 8.46. The average molecular weight is 723 g/mol. The van der Waals surface area contributed by atoms with E-state index in [2.05, 4.69) is 41.7 Å². The summed E-state index contributed by atoms with van der Waals surface area (Å²) in [4.78, 5) is 42.4. The molecule has 6 rings (SSSR count). The first-order chi connectivity index (χ1) is 24.6. The Morgan fingerprint density at radius 1 is 0.725 bits per heavy atom. The second-order valence-electron chi connectivity index (χ2n) is 11.3. The Morgan fingerprint density at radius 2 is 1.20 bits per heavy atom. The van der Waals surface area contributed by atoms with Gasteiger partial charge in [-0.1, -0.05) is 44.9 Å². The third kappa shape index (κ3) is 7.87. The summed E-state index contributed by atoms with van der Waals surface area (Å²) >= 11 is 10.3. The van der Waals surface area contributed by atoms with Crippen LogP contribution in [0.2, 0.25) is 0 Å². The molecule has 0 saturated heterocycles. The first-order valence-corrected chi connectivity index (χ1v) is 16.1. The molecule has 0 fully saturated rings. The molecule has 0 spiro atoms. The van der Waals surface area contributed by atoms with Gasteiger partial charge in [0, 0.05) is 54.5 Å². The molecule has 51 heavy (non-hydrogen) atoms. The summed E-state index contributed by atoms with van der Waals surface area (Å²) in [5.41, 5.74) is 4.18. The number of carboxylic acid groups (broad SMARTS) is 1. The van der Waals surface area contributed by atoms with E-state index in [4.69, 9.17) is 24.4 Å². The quantitative estimate of drug-likeness (QED) is 0.111. The maximum absolute atomic E-state index is 13.2. The fourth-order valence-electron chi connectivity index (χ4n) is 5.25. The summed E-state index contributed by atoms with van der Waals surface area (Å²) in [5, 5.41) is 36.3. The molecule has 6 aromatic rings. The summed E-state index contributed by atoms with van der Waals surface area (Å²) in [7, 11) is 3.40. The number of carboxylic acids is 1. The Morgan fingerprint density at radius 3 is 1.67 bits per heavy atom. The molecule has 0 saturated carbocycles. The Bertz CT molecular complexity index is 2350. The van der Waals surface area contributed by atoms with Crippen molar-refractivity contribution in [2.45, 2.75) is 6.04 Å². The molecule has 0 bridgehead atoms. The SMILES string of the molecule is CN(CC(C(=O)O)N(C)c1cccc(C(=O)Nc2cccc(-n3[nH]nnc3=S)c2)c1)c1cccc(C(=O)Nc2cccc(-n3[nH]nnc3=S)c2)c1. The lowest BCUT2D eigenvalue weighted by Gasteiger charge is -2.31. The van der Waals surface area contributed by atoms with Crippen molar-refractivity contribution in [2.24, 2.45) is 0 Å². The van der Waals surface area contributed by atoms with Gasteiger partial charge in [0.1, 0.15) is 6.04 Å². The van der Waals surface area contributed by atoms with Crippen LogP contribution in [0.1, 0.15) is 20.7 Å². The number of amides is 2. The van der Waals surface area contributed by atoms with Crippen LogP contribution in [0.4, 0.5) is 22.7 Å². The second kappa shape index (κ2) is 14.9. The standard InChI is InChI=1S/C33H30N12O4S2/c1-42(24-11-3-7-20(15-24)29(46)34-22-9-5-13-26(17-22)44-32(50)36-38-40-44)19-28(31(48)49)43(2)25-12-4-8-21(16-25)30(47)35-23-10-6-14-27(18-23)45-33(51)37-39-41-45/h3-18,28H,19H2,1-2H3,(H,34,46)(H,35,47)(H,48,49)(H,36,40,50)(H,37,41,51). The van der Waals surface area contributed by atoms with E-state index < -0.39 is 12.0 Å². The summed E-state index contributed by atoms with van der Waals surface area (Å²) < 4.78 is 3.47.